The number of carbonyl (C=O) groups excluding carboxylic acids is 1. The smallest absolute Gasteiger partial charge is 0.277 e. The minimum absolute atomic E-state index is 0. The van der Waals surface area contributed by atoms with Crippen molar-refractivity contribution in [1.82, 2.24) is 15.3 Å². The van der Waals surface area contributed by atoms with Crippen molar-refractivity contribution < 1.29 is 4.79 Å². The van der Waals surface area contributed by atoms with Crippen molar-refractivity contribution in [3.05, 3.63) is 46.2 Å². The van der Waals surface area contributed by atoms with Crippen LogP contribution in [0.15, 0.2) is 29.2 Å². The van der Waals surface area contributed by atoms with Crippen LogP contribution in [0.1, 0.15) is 57.7 Å². The third kappa shape index (κ3) is 9.83. The Labute approximate surface area is 134 Å². The molecule has 0 fully saturated rings. The molecule has 0 radical (unpaired) electrons. The Kier molecular flexibility index (Phi) is 19.3. The van der Waals surface area contributed by atoms with Gasteiger partial charge in [-0.2, -0.15) is 0 Å². The summed E-state index contributed by atoms with van der Waals surface area (Å²) < 4.78 is 0. The summed E-state index contributed by atoms with van der Waals surface area (Å²) in [7, 11) is 3.75. The summed E-state index contributed by atoms with van der Waals surface area (Å²) in [6.45, 7) is 7.91. The van der Waals surface area contributed by atoms with Gasteiger partial charge in [0, 0.05) is 0 Å². The lowest BCUT2D eigenvalue weighted by Crippen LogP contribution is -2.15. The fraction of sp³-hybridized carbons (Fsp3) is 0.471. The highest BCUT2D eigenvalue weighted by Crippen LogP contribution is 2.11. The molecule has 126 valence electrons. The van der Waals surface area contributed by atoms with Gasteiger partial charge < -0.3 is 10.3 Å². The van der Waals surface area contributed by atoms with Crippen molar-refractivity contribution in [2.45, 2.75) is 41.5 Å². The molecule has 22 heavy (non-hydrogen) atoms. The van der Waals surface area contributed by atoms with Crippen LogP contribution in [-0.4, -0.2) is 30.3 Å². The normalized spacial score (nSPS) is 9.82. The molecule has 0 aliphatic carbocycles. The molecule has 0 saturated carbocycles. The van der Waals surface area contributed by atoms with Gasteiger partial charge in [0.1, 0.15) is 0 Å². The second-order valence-electron chi connectivity index (χ2n) is 3.70. The third-order valence-corrected chi connectivity index (χ3v) is 2.01. The predicted molar refractivity (Wildman–Crippen MR) is 96.4 cm³/mol. The van der Waals surface area contributed by atoms with Gasteiger partial charge in [-0.3, -0.25) is 9.59 Å². The van der Waals surface area contributed by atoms with Crippen molar-refractivity contribution >= 4 is 11.9 Å². The largest absolute Gasteiger partial charge is 0.323 e. The number of nitrogens with zero attached hydrogens (tertiary/aromatic N) is 1. The highest BCUT2D eigenvalue weighted by molar-refractivity contribution is 5.73. The lowest BCUT2D eigenvalue weighted by atomic mass is 10.1. The summed E-state index contributed by atoms with van der Waals surface area (Å²) in [6.07, 6.45) is 8.54. The van der Waals surface area contributed by atoms with Gasteiger partial charge in [0.25, 0.3) is 5.56 Å². The minimum Gasteiger partial charge on any atom is -0.323 e. The predicted octanol–water partition coefficient (Wildman–Crippen LogP) is 3.45. The summed E-state index contributed by atoms with van der Waals surface area (Å²) in [5.41, 5.74) is 0.960. The average Bonchev–Trinajstić information content (AvgIpc) is 2.50. The molecule has 0 bridgehead atoms. The van der Waals surface area contributed by atoms with Gasteiger partial charge in [0.15, 0.2) is 12.0 Å². The van der Waals surface area contributed by atoms with Gasteiger partial charge in [0.2, 0.25) is 0 Å². The molecule has 1 heterocycles. The molecule has 1 aromatic rings. The molecule has 0 aliphatic rings. The summed E-state index contributed by atoms with van der Waals surface area (Å²) in [5.74, 6) is 0. The van der Waals surface area contributed by atoms with Crippen LogP contribution in [0, 0.1) is 0 Å². The number of hydrogen-bond acceptors (Lipinski definition) is 4. The first-order chi connectivity index (χ1) is 10.1. The van der Waals surface area contributed by atoms with E-state index < -0.39 is 5.56 Å². The number of hydrogen-bond donors (Lipinski definition) is 2. The summed E-state index contributed by atoms with van der Waals surface area (Å²) in [4.78, 5) is 28.3. The molecule has 5 nitrogen and oxygen atoms in total. The number of rotatable bonds is 4. The van der Waals surface area contributed by atoms with E-state index in [9.17, 15) is 9.59 Å². The van der Waals surface area contributed by atoms with E-state index in [2.05, 4.69) is 15.3 Å². The van der Waals surface area contributed by atoms with E-state index in [1.54, 1.807) is 0 Å². The molecule has 5 heteroatoms. The van der Waals surface area contributed by atoms with Crippen molar-refractivity contribution in [3.63, 3.8) is 0 Å². The maximum Gasteiger partial charge on any atom is 0.277 e. The first-order valence-electron chi connectivity index (χ1n) is 7.10. The maximum absolute atomic E-state index is 11.4. The van der Waals surface area contributed by atoms with E-state index in [4.69, 9.17) is 0 Å². The topological polar surface area (TPSA) is 74.8 Å². The SMILES string of the molecule is C.C/C=C\C(=C/CC)c1cnc(C=O)c(=O)[nH]1.CC.CNC. The molecule has 2 N–H and O–H groups in total. The number of aldehydes is 1. The van der Waals surface area contributed by atoms with Crippen molar-refractivity contribution in [2.24, 2.45) is 0 Å². The van der Waals surface area contributed by atoms with E-state index in [1.807, 2.05) is 60.0 Å². The third-order valence-electron chi connectivity index (χ3n) is 2.01. The van der Waals surface area contributed by atoms with E-state index in [1.165, 1.54) is 6.20 Å². The van der Waals surface area contributed by atoms with Gasteiger partial charge in [0.05, 0.1) is 11.9 Å². The molecule has 0 unspecified atom stereocenters. The summed E-state index contributed by atoms with van der Waals surface area (Å²) in [6, 6.07) is 0. The number of aromatic amines is 1. The van der Waals surface area contributed by atoms with E-state index >= 15 is 0 Å². The van der Waals surface area contributed by atoms with Crippen LogP contribution in [0.25, 0.3) is 5.57 Å². The Morgan fingerprint density at radius 3 is 2.27 bits per heavy atom. The molecular weight excluding hydrogens is 278 g/mol. The Morgan fingerprint density at radius 1 is 1.36 bits per heavy atom. The quantitative estimate of drug-likeness (QED) is 0.660. The van der Waals surface area contributed by atoms with Crippen LogP contribution in [0.4, 0.5) is 0 Å². The zero-order chi connectivity index (χ0) is 16.7. The number of nitrogens with one attached hydrogen (secondary N) is 2. The standard InChI is InChI=1S/C12H14N2O2.C2H7N.C2H6.CH4/c1-3-5-9(6-4-2)10-7-13-11(8-15)12(16)14-10;1-3-2;1-2;/h3,5-8H,4H2,1-2H3,(H,14,16);3H,1-2H3;1-2H3;1H4/b5-3-,9-6+;;;. The Balaban J connectivity index is -0.000000536. The first kappa shape index (κ1) is 25.0. The molecule has 0 amide bonds. The van der Waals surface area contributed by atoms with Crippen molar-refractivity contribution in [3.8, 4) is 0 Å². The Morgan fingerprint density at radius 2 is 1.91 bits per heavy atom. The van der Waals surface area contributed by atoms with Crippen LogP contribution in [0.3, 0.4) is 0 Å². The Hall–Kier alpha value is -2.01. The fourth-order valence-corrected chi connectivity index (χ4v) is 1.31. The molecular formula is C17H31N3O2. The fourth-order valence-electron chi connectivity index (χ4n) is 1.31. The van der Waals surface area contributed by atoms with E-state index in [-0.39, 0.29) is 13.1 Å². The molecule has 0 spiro atoms. The maximum atomic E-state index is 11.4. The van der Waals surface area contributed by atoms with Crippen LogP contribution in [-0.2, 0) is 0 Å². The Bertz CT molecular complexity index is 503. The second kappa shape index (κ2) is 17.0. The van der Waals surface area contributed by atoms with Crippen LogP contribution in [0.2, 0.25) is 0 Å². The lowest BCUT2D eigenvalue weighted by Gasteiger charge is -2.01. The summed E-state index contributed by atoms with van der Waals surface area (Å²) in [5, 5.41) is 2.75. The number of allylic oxidation sites excluding steroid dienone is 4. The molecule has 1 aromatic heterocycles. The molecule has 0 aromatic carbocycles. The van der Waals surface area contributed by atoms with Gasteiger partial charge in [-0.05, 0) is 33.0 Å². The molecule has 1 rings (SSSR count). The van der Waals surface area contributed by atoms with Gasteiger partial charge in [-0.1, -0.05) is 46.4 Å². The highest BCUT2D eigenvalue weighted by atomic mass is 16.1. The van der Waals surface area contributed by atoms with Gasteiger partial charge in [-0.15, -0.1) is 0 Å². The van der Waals surface area contributed by atoms with Crippen LogP contribution < -0.4 is 10.9 Å². The first-order valence-corrected chi connectivity index (χ1v) is 7.10. The molecule has 0 saturated heterocycles. The zero-order valence-electron chi connectivity index (χ0n) is 13.9. The second-order valence-corrected chi connectivity index (χ2v) is 3.70. The highest BCUT2D eigenvalue weighted by Gasteiger charge is 2.03. The number of aromatic nitrogens is 2. The minimum atomic E-state index is -0.459. The summed E-state index contributed by atoms with van der Waals surface area (Å²) >= 11 is 0. The lowest BCUT2D eigenvalue weighted by molar-refractivity contribution is 0.111. The van der Waals surface area contributed by atoms with E-state index in [0.717, 1.165) is 12.0 Å². The monoisotopic (exact) mass is 309 g/mol. The molecule has 0 aliphatic heterocycles. The van der Waals surface area contributed by atoms with Gasteiger partial charge in [-0.25, -0.2) is 4.98 Å². The van der Waals surface area contributed by atoms with Crippen LogP contribution in [0.5, 0.6) is 0 Å². The average molecular weight is 309 g/mol. The van der Waals surface area contributed by atoms with Crippen LogP contribution >= 0.6 is 0 Å². The van der Waals surface area contributed by atoms with Crippen molar-refractivity contribution in [2.75, 3.05) is 14.1 Å². The molecule has 0 atom stereocenters. The zero-order valence-corrected chi connectivity index (χ0v) is 13.9. The van der Waals surface area contributed by atoms with Gasteiger partial charge >= 0.3 is 0 Å². The number of H-pyrrole nitrogens is 1. The number of carbonyl (C=O) groups is 1. The van der Waals surface area contributed by atoms with E-state index in [0.29, 0.717) is 12.0 Å². The van der Waals surface area contributed by atoms with Crippen molar-refractivity contribution in [1.29, 1.82) is 0 Å².